The fraction of sp³-hybridized carbons (Fsp3) is 0.643. The molecule has 1 N–H and O–H groups in total. The number of aryl methyl sites for hydroxylation is 2. The number of nitrogens with one attached hydrogen (secondary N) is 1. The predicted octanol–water partition coefficient (Wildman–Crippen LogP) is 0.701. The number of hydrogen-bond donors (Lipinski definition) is 1. The summed E-state index contributed by atoms with van der Waals surface area (Å²) in [7, 11) is 0. The van der Waals surface area contributed by atoms with E-state index in [1.54, 1.807) is 18.7 Å². The number of rotatable bonds is 4. The maximum atomic E-state index is 12.2. The van der Waals surface area contributed by atoms with Gasteiger partial charge in [0.2, 0.25) is 11.8 Å². The molecule has 1 aliphatic rings. The predicted molar refractivity (Wildman–Crippen MR) is 74.9 cm³/mol. The maximum Gasteiger partial charge on any atom is 0.245 e. The van der Waals surface area contributed by atoms with E-state index in [9.17, 15) is 9.59 Å². The molecule has 0 spiro atoms. The first-order valence-electron chi connectivity index (χ1n) is 7.14. The number of piperazine rings is 1. The van der Waals surface area contributed by atoms with Crippen molar-refractivity contribution in [2.45, 2.75) is 59.3 Å². The SMILES string of the molecule is CCc1cc(CN2C(=O)C(C)NC(=O)C2C)n(CC)n1. The van der Waals surface area contributed by atoms with Gasteiger partial charge in [-0.2, -0.15) is 5.10 Å². The van der Waals surface area contributed by atoms with E-state index in [1.165, 1.54) is 0 Å². The Bertz CT molecular complexity index is 523. The third-order valence-corrected chi connectivity index (χ3v) is 3.77. The minimum Gasteiger partial charge on any atom is -0.343 e. The van der Waals surface area contributed by atoms with Crippen molar-refractivity contribution in [3.05, 3.63) is 17.5 Å². The smallest absolute Gasteiger partial charge is 0.245 e. The van der Waals surface area contributed by atoms with Gasteiger partial charge in [-0.05, 0) is 33.3 Å². The molecule has 2 unspecified atom stereocenters. The van der Waals surface area contributed by atoms with Crippen LogP contribution in [0.4, 0.5) is 0 Å². The van der Waals surface area contributed by atoms with Crippen molar-refractivity contribution < 1.29 is 9.59 Å². The molecular weight excluding hydrogens is 256 g/mol. The van der Waals surface area contributed by atoms with Crippen LogP contribution < -0.4 is 5.32 Å². The lowest BCUT2D eigenvalue weighted by molar-refractivity contribution is -0.148. The third-order valence-electron chi connectivity index (χ3n) is 3.77. The minimum atomic E-state index is -0.456. The Kier molecular flexibility index (Phi) is 4.11. The highest BCUT2D eigenvalue weighted by molar-refractivity contribution is 5.96. The van der Waals surface area contributed by atoms with Gasteiger partial charge in [-0.25, -0.2) is 0 Å². The van der Waals surface area contributed by atoms with Crippen LogP contribution >= 0.6 is 0 Å². The summed E-state index contributed by atoms with van der Waals surface area (Å²) in [5.41, 5.74) is 1.99. The van der Waals surface area contributed by atoms with E-state index in [1.807, 2.05) is 17.7 Å². The second-order valence-corrected chi connectivity index (χ2v) is 5.17. The molecule has 1 aromatic rings. The van der Waals surface area contributed by atoms with Crippen molar-refractivity contribution in [3.63, 3.8) is 0 Å². The average molecular weight is 278 g/mol. The number of amides is 2. The van der Waals surface area contributed by atoms with Gasteiger partial charge in [0.05, 0.1) is 17.9 Å². The summed E-state index contributed by atoms with van der Waals surface area (Å²) in [5, 5.41) is 7.17. The highest BCUT2D eigenvalue weighted by Gasteiger charge is 2.36. The van der Waals surface area contributed by atoms with Crippen molar-refractivity contribution in [2.75, 3.05) is 0 Å². The molecule has 1 aliphatic heterocycles. The molecule has 20 heavy (non-hydrogen) atoms. The fourth-order valence-corrected chi connectivity index (χ4v) is 2.46. The molecule has 1 aromatic heterocycles. The Morgan fingerprint density at radius 3 is 2.60 bits per heavy atom. The summed E-state index contributed by atoms with van der Waals surface area (Å²) in [6.07, 6.45) is 0.861. The van der Waals surface area contributed by atoms with Crippen molar-refractivity contribution in [1.82, 2.24) is 20.0 Å². The zero-order valence-electron chi connectivity index (χ0n) is 12.5. The number of nitrogens with zero attached hydrogens (tertiary/aromatic N) is 3. The van der Waals surface area contributed by atoms with Gasteiger partial charge in [-0.3, -0.25) is 14.3 Å². The molecule has 0 saturated carbocycles. The average Bonchev–Trinajstić information content (AvgIpc) is 2.83. The lowest BCUT2D eigenvalue weighted by atomic mass is 10.1. The molecule has 2 rings (SSSR count). The van der Waals surface area contributed by atoms with Gasteiger partial charge in [0.1, 0.15) is 12.1 Å². The normalized spacial score (nSPS) is 23.1. The number of carbonyl (C=O) groups excluding carboxylic acids is 2. The Labute approximate surface area is 119 Å². The molecular formula is C14H22N4O2. The molecule has 2 heterocycles. The lowest BCUT2D eigenvalue weighted by Gasteiger charge is -2.36. The number of carbonyl (C=O) groups is 2. The van der Waals surface area contributed by atoms with Crippen molar-refractivity contribution in [2.24, 2.45) is 0 Å². The van der Waals surface area contributed by atoms with Crippen LogP contribution in [0.1, 0.15) is 39.1 Å². The molecule has 6 nitrogen and oxygen atoms in total. The maximum absolute atomic E-state index is 12.2. The molecule has 1 fully saturated rings. The van der Waals surface area contributed by atoms with Gasteiger partial charge in [0, 0.05) is 6.54 Å². The van der Waals surface area contributed by atoms with Crippen LogP contribution in [0.3, 0.4) is 0 Å². The van der Waals surface area contributed by atoms with Crippen molar-refractivity contribution in [1.29, 1.82) is 0 Å². The first-order chi connectivity index (χ1) is 9.47. The highest BCUT2D eigenvalue weighted by atomic mass is 16.2. The Morgan fingerprint density at radius 1 is 1.30 bits per heavy atom. The second kappa shape index (κ2) is 5.64. The second-order valence-electron chi connectivity index (χ2n) is 5.17. The third kappa shape index (κ3) is 2.55. The highest BCUT2D eigenvalue weighted by Crippen LogP contribution is 2.16. The van der Waals surface area contributed by atoms with Crippen LogP contribution in [-0.4, -0.2) is 38.6 Å². The van der Waals surface area contributed by atoms with Crippen molar-refractivity contribution >= 4 is 11.8 Å². The molecule has 0 aliphatic carbocycles. The summed E-state index contributed by atoms with van der Waals surface area (Å²) in [5.74, 6) is -0.144. The van der Waals surface area contributed by atoms with Gasteiger partial charge >= 0.3 is 0 Å². The zero-order chi connectivity index (χ0) is 14.9. The van der Waals surface area contributed by atoms with E-state index >= 15 is 0 Å². The first kappa shape index (κ1) is 14.6. The molecule has 2 amide bonds. The van der Waals surface area contributed by atoms with E-state index in [0.29, 0.717) is 6.54 Å². The summed E-state index contributed by atoms with van der Waals surface area (Å²) in [6, 6.07) is 1.12. The largest absolute Gasteiger partial charge is 0.343 e. The van der Waals surface area contributed by atoms with E-state index in [-0.39, 0.29) is 11.8 Å². The Balaban J connectivity index is 2.25. The molecule has 6 heteroatoms. The first-order valence-corrected chi connectivity index (χ1v) is 7.14. The quantitative estimate of drug-likeness (QED) is 0.881. The minimum absolute atomic E-state index is 0.0426. The van der Waals surface area contributed by atoms with Gasteiger partial charge in [0.15, 0.2) is 0 Å². The van der Waals surface area contributed by atoms with Crippen molar-refractivity contribution in [3.8, 4) is 0 Å². The van der Waals surface area contributed by atoms with Gasteiger partial charge in [-0.15, -0.1) is 0 Å². The zero-order valence-corrected chi connectivity index (χ0v) is 12.5. The van der Waals surface area contributed by atoms with Gasteiger partial charge in [0.25, 0.3) is 0 Å². The summed E-state index contributed by atoms with van der Waals surface area (Å²) >= 11 is 0. The van der Waals surface area contributed by atoms with E-state index in [4.69, 9.17) is 0 Å². The van der Waals surface area contributed by atoms with Crippen LogP contribution in [0.2, 0.25) is 0 Å². The molecule has 0 aromatic carbocycles. The fourth-order valence-electron chi connectivity index (χ4n) is 2.46. The van der Waals surface area contributed by atoms with E-state index < -0.39 is 12.1 Å². The molecule has 110 valence electrons. The summed E-state index contributed by atoms with van der Waals surface area (Å²) < 4.78 is 1.90. The van der Waals surface area contributed by atoms with Crippen LogP contribution in [0.5, 0.6) is 0 Å². The monoisotopic (exact) mass is 278 g/mol. The Hall–Kier alpha value is -1.85. The summed E-state index contributed by atoms with van der Waals surface area (Å²) in [6.45, 7) is 8.73. The Morgan fingerprint density at radius 2 is 2.00 bits per heavy atom. The topological polar surface area (TPSA) is 67.2 Å². The standard InChI is InChI=1S/C14H22N4O2/c1-5-11-7-12(18(6-2)16-11)8-17-10(4)13(19)15-9(3)14(17)20/h7,9-10H,5-6,8H2,1-4H3,(H,15,19). The van der Waals surface area contributed by atoms with E-state index in [2.05, 4.69) is 17.3 Å². The van der Waals surface area contributed by atoms with E-state index in [0.717, 1.165) is 24.4 Å². The number of hydrogen-bond acceptors (Lipinski definition) is 3. The van der Waals surface area contributed by atoms with Crippen LogP contribution in [0, 0.1) is 0 Å². The lowest BCUT2D eigenvalue weighted by Crippen LogP contribution is -2.61. The molecule has 0 bridgehead atoms. The summed E-state index contributed by atoms with van der Waals surface area (Å²) in [4.78, 5) is 25.7. The molecule has 1 saturated heterocycles. The van der Waals surface area contributed by atoms with Gasteiger partial charge in [-0.1, -0.05) is 6.92 Å². The van der Waals surface area contributed by atoms with Gasteiger partial charge < -0.3 is 10.2 Å². The molecule has 0 radical (unpaired) electrons. The van der Waals surface area contributed by atoms with Crippen LogP contribution in [0.25, 0.3) is 0 Å². The number of aromatic nitrogens is 2. The van der Waals surface area contributed by atoms with Crippen LogP contribution in [0.15, 0.2) is 6.07 Å². The van der Waals surface area contributed by atoms with Crippen LogP contribution in [-0.2, 0) is 29.1 Å². The molecule has 2 atom stereocenters.